The van der Waals surface area contributed by atoms with Crippen LogP contribution in [-0.2, 0) is 6.61 Å². The molecule has 0 aliphatic heterocycles. The van der Waals surface area contributed by atoms with Gasteiger partial charge in [0.25, 0.3) is 5.56 Å². The molecule has 0 bridgehead atoms. The van der Waals surface area contributed by atoms with E-state index in [1.165, 1.54) is 15.5 Å². The number of pyridine rings is 1. The molecule has 31 heavy (non-hydrogen) atoms. The van der Waals surface area contributed by atoms with E-state index in [9.17, 15) is 4.79 Å². The van der Waals surface area contributed by atoms with Crippen molar-refractivity contribution < 1.29 is 4.74 Å². The molecule has 3 heterocycles. The van der Waals surface area contributed by atoms with E-state index in [1.54, 1.807) is 36.4 Å². The highest BCUT2D eigenvalue weighted by atomic mass is 32.2. The Hall–Kier alpha value is -3.84. The second kappa shape index (κ2) is 8.49. The van der Waals surface area contributed by atoms with E-state index in [0.717, 1.165) is 16.0 Å². The van der Waals surface area contributed by atoms with E-state index < -0.39 is 0 Å². The molecule has 152 valence electrons. The maximum absolute atomic E-state index is 12.5. The van der Waals surface area contributed by atoms with E-state index in [4.69, 9.17) is 4.74 Å². The highest BCUT2D eigenvalue weighted by Crippen LogP contribution is 2.30. The van der Waals surface area contributed by atoms with Gasteiger partial charge in [-0.2, -0.15) is 0 Å². The molecule has 0 fully saturated rings. The summed E-state index contributed by atoms with van der Waals surface area (Å²) >= 11 is 1.71. The van der Waals surface area contributed by atoms with Gasteiger partial charge in [0, 0.05) is 33.8 Å². The Morgan fingerprint density at radius 1 is 0.968 bits per heavy atom. The molecule has 3 aromatic heterocycles. The standard InChI is InChI=1S/C24H18N4O2S/c29-23-13-18(16-30-19-5-4-12-25-14-19)27-24-22(15-26-28(23)24)17-8-10-21(11-9-17)31-20-6-2-1-3-7-20/h1-15,26H,16H2. The molecule has 6 nitrogen and oxygen atoms in total. The second-order valence-corrected chi connectivity index (χ2v) is 8.00. The lowest BCUT2D eigenvalue weighted by molar-refractivity contribution is 0.300. The second-order valence-electron chi connectivity index (χ2n) is 6.85. The number of ether oxygens (including phenoxy) is 1. The average molecular weight is 427 g/mol. The number of hydrogen-bond acceptors (Lipinski definition) is 5. The SMILES string of the molecule is O=c1cc(COc2cccnc2)nc2c(-c3ccc(Sc4ccccc4)cc3)c[nH]n12. The molecule has 2 aromatic carbocycles. The first-order chi connectivity index (χ1) is 15.3. The van der Waals surface area contributed by atoms with E-state index >= 15 is 0 Å². The van der Waals surface area contributed by atoms with Crippen LogP contribution in [0.15, 0.2) is 106 Å². The maximum Gasteiger partial charge on any atom is 0.273 e. The molecule has 5 rings (SSSR count). The number of rotatable bonds is 6. The van der Waals surface area contributed by atoms with Crippen molar-refractivity contribution in [1.29, 1.82) is 0 Å². The Labute approximate surface area is 182 Å². The lowest BCUT2D eigenvalue weighted by atomic mass is 10.1. The maximum atomic E-state index is 12.5. The summed E-state index contributed by atoms with van der Waals surface area (Å²) in [6.45, 7) is 0.189. The van der Waals surface area contributed by atoms with Crippen LogP contribution in [0.3, 0.4) is 0 Å². The first kappa shape index (κ1) is 19.1. The van der Waals surface area contributed by atoms with Crippen molar-refractivity contribution in [3.8, 4) is 16.9 Å². The summed E-state index contributed by atoms with van der Waals surface area (Å²) in [6, 6.07) is 23.6. The summed E-state index contributed by atoms with van der Waals surface area (Å²) in [5, 5.41) is 3.00. The largest absolute Gasteiger partial charge is 0.486 e. The Bertz CT molecular complexity index is 1360. The predicted octanol–water partition coefficient (Wildman–Crippen LogP) is 4.81. The molecule has 5 aromatic rings. The normalized spacial score (nSPS) is 11.0. The van der Waals surface area contributed by atoms with Crippen LogP contribution in [-0.4, -0.2) is 19.6 Å². The van der Waals surface area contributed by atoms with Crippen LogP contribution in [0.2, 0.25) is 0 Å². The lowest BCUT2D eigenvalue weighted by Gasteiger charge is -2.06. The number of nitrogens with one attached hydrogen (secondary N) is 1. The summed E-state index contributed by atoms with van der Waals surface area (Å²) in [5.74, 6) is 0.630. The Balaban J connectivity index is 1.42. The molecule has 0 saturated carbocycles. The molecule has 0 unspecified atom stereocenters. The van der Waals surface area contributed by atoms with Gasteiger partial charge in [0.2, 0.25) is 0 Å². The number of aromatic amines is 1. The molecule has 0 amide bonds. The number of aromatic nitrogens is 4. The molecule has 0 aliphatic carbocycles. The van der Waals surface area contributed by atoms with Crippen LogP contribution in [0, 0.1) is 0 Å². The van der Waals surface area contributed by atoms with Crippen LogP contribution < -0.4 is 10.3 Å². The minimum absolute atomic E-state index is 0.183. The molecule has 0 saturated heterocycles. The topological polar surface area (TPSA) is 72.3 Å². The Kier molecular flexibility index (Phi) is 5.24. The van der Waals surface area contributed by atoms with Crippen LogP contribution in [0.25, 0.3) is 16.8 Å². The van der Waals surface area contributed by atoms with Gasteiger partial charge in [0.15, 0.2) is 5.65 Å². The highest BCUT2D eigenvalue weighted by molar-refractivity contribution is 7.99. The van der Waals surface area contributed by atoms with Crippen LogP contribution >= 0.6 is 11.8 Å². The fourth-order valence-electron chi connectivity index (χ4n) is 3.23. The van der Waals surface area contributed by atoms with Crippen LogP contribution in [0.4, 0.5) is 0 Å². The third kappa shape index (κ3) is 4.22. The van der Waals surface area contributed by atoms with E-state index in [1.807, 2.05) is 36.4 Å². The number of hydrogen-bond donors (Lipinski definition) is 1. The number of fused-ring (bicyclic) bond motifs is 1. The smallest absolute Gasteiger partial charge is 0.273 e. The van der Waals surface area contributed by atoms with Gasteiger partial charge in [-0.1, -0.05) is 42.1 Å². The molecule has 1 N–H and O–H groups in total. The fraction of sp³-hybridized carbons (Fsp3) is 0.0417. The lowest BCUT2D eigenvalue weighted by Crippen LogP contribution is -2.16. The number of benzene rings is 2. The highest BCUT2D eigenvalue weighted by Gasteiger charge is 2.12. The summed E-state index contributed by atoms with van der Waals surface area (Å²) in [7, 11) is 0. The average Bonchev–Trinajstić information content (AvgIpc) is 3.24. The molecular formula is C24H18N4O2S. The predicted molar refractivity (Wildman–Crippen MR) is 120 cm³/mol. The first-order valence-corrected chi connectivity index (χ1v) is 10.5. The van der Waals surface area contributed by atoms with Gasteiger partial charge in [-0.3, -0.25) is 14.9 Å². The molecular weight excluding hydrogens is 408 g/mol. The van der Waals surface area contributed by atoms with Gasteiger partial charge < -0.3 is 4.74 Å². The minimum atomic E-state index is -0.183. The Morgan fingerprint density at radius 3 is 2.55 bits per heavy atom. The van der Waals surface area contributed by atoms with Crippen LogP contribution in [0.1, 0.15) is 5.69 Å². The van der Waals surface area contributed by atoms with Crippen molar-refractivity contribution in [2.75, 3.05) is 0 Å². The van der Waals surface area contributed by atoms with Crippen LogP contribution in [0.5, 0.6) is 5.75 Å². The zero-order valence-electron chi connectivity index (χ0n) is 16.4. The summed E-state index contributed by atoms with van der Waals surface area (Å²) in [5.41, 5.74) is 2.79. The van der Waals surface area contributed by atoms with Crippen molar-refractivity contribution in [3.63, 3.8) is 0 Å². The molecule has 0 aliphatic rings. The molecule has 0 atom stereocenters. The first-order valence-electron chi connectivity index (χ1n) is 9.72. The number of nitrogens with zero attached hydrogens (tertiary/aromatic N) is 3. The van der Waals surface area contributed by atoms with Gasteiger partial charge in [-0.25, -0.2) is 9.50 Å². The zero-order valence-corrected chi connectivity index (χ0v) is 17.3. The quantitative estimate of drug-likeness (QED) is 0.422. The van der Waals surface area contributed by atoms with E-state index in [-0.39, 0.29) is 12.2 Å². The summed E-state index contributed by atoms with van der Waals surface area (Å²) < 4.78 is 7.14. The zero-order chi connectivity index (χ0) is 21.0. The van der Waals surface area contributed by atoms with Gasteiger partial charge in [0.05, 0.1) is 11.9 Å². The molecule has 0 radical (unpaired) electrons. The van der Waals surface area contributed by atoms with Gasteiger partial charge in [-0.15, -0.1) is 0 Å². The third-order valence-corrected chi connectivity index (χ3v) is 5.73. The minimum Gasteiger partial charge on any atom is -0.486 e. The monoisotopic (exact) mass is 426 g/mol. The van der Waals surface area contributed by atoms with E-state index in [2.05, 4.69) is 39.3 Å². The fourth-order valence-corrected chi connectivity index (χ4v) is 4.07. The van der Waals surface area contributed by atoms with Crippen molar-refractivity contribution in [3.05, 3.63) is 107 Å². The molecule has 7 heteroatoms. The van der Waals surface area contributed by atoms with Crippen molar-refractivity contribution in [2.45, 2.75) is 16.4 Å². The van der Waals surface area contributed by atoms with Crippen molar-refractivity contribution >= 4 is 17.4 Å². The van der Waals surface area contributed by atoms with Gasteiger partial charge in [-0.05, 0) is 42.0 Å². The van der Waals surface area contributed by atoms with Gasteiger partial charge in [0.1, 0.15) is 12.4 Å². The van der Waals surface area contributed by atoms with Crippen molar-refractivity contribution in [1.82, 2.24) is 19.6 Å². The Morgan fingerprint density at radius 2 is 1.77 bits per heavy atom. The van der Waals surface area contributed by atoms with E-state index in [0.29, 0.717) is 17.1 Å². The summed E-state index contributed by atoms with van der Waals surface area (Å²) in [6.07, 6.45) is 5.11. The summed E-state index contributed by atoms with van der Waals surface area (Å²) in [4.78, 5) is 23.6. The third-order valence-electron chi connectivity index (χ3n) is 4.72. The number of H-pyrrole nitrogens is 1. The molecule has 0 spiro atoms. The van der Waals surface area contributed by atoms with Gasteiger partial charge >= 0.3 is 0 Å². The van der Waals surface area contributed by atoms with Crippen molar-refractivity contribution in [2.24, 2.45) is 0 Å².